The molecule has 0 aromatic heterocycles. The van der Waals surface area contributed by atoms with Gasteiger partial charge in [0.15, 0.2) is 5.92 Å². The van der Waals surface area contributed by atoms with Crippen molar-refractivity contribution in [1.82, 2.24) is 0 Å². The summed E-state index contributed by atoms with van der Waals surface area (Å²) in [6, 6.07) is 0. The zero-order valence-electron chi connectivity index (χ0n) is 9.49. The Morgan fingerprint density at radius 2 is 1.67 bits per heavy atom. The number of carbonyl (C=O) groups excluding carboxylic acids is 2. The van der Waals surface area contributed by atoms with E-state index < -0.39 is 17.9 Å². The molecule has 4 heteroatoms. The SMILES string of the molecule is CCCC=CCC(C(=O)OC)C(=O)OC. The maximum absolute atomic E-state index is 11.2. The number of methoxy groups -OCH3 is 2. The number of ether oxygens (including phenoxy) is 2. The monoisotopic (exact) mass is 214 g/mol. The van der Waals surface area contributed by atoms with Crippen molar-refractivity contribution >= 4 is 11.9 Å². The first-order valence-corrected chi connectivity index (χ1v) is 4.98. The van der Waals surface area contributed by atoms with E-state index in [0.29, 0.717) is 6.42 Å². The van der Waals surface area contributed by atoms with Crippen LogP contribution in [0.5, 0.6) is 0 Å². The number of hydrogen-bond donors (Lipinski definition) is 0. The second-order valence-corrected chi connectivity index (χ2v) is 3.09. The van der Waals surface area contributed by atoms with Crippen LogP contribution in [0, 0.1) is 5.92 Å². The molecular weight excluding hydrogens is 196 g/mol. The molecule has 0 aromatic rings. The molecule has 86 valence electrons. The van der Waals surface area contributed by atoms with Crippen molar-refractivity contribution in [3.8, 4) is 0 Å². The van der Waals surface area contributed by atoms with E-state index in [1.807, 2.05) is 12.2 Å². The normalized spacial score (nSPS) is 10.7. The summed E-state index contributed by atoms with van der Waals surface area (Å²) in [5, 5.41) is 0. The van der Waals surface area contributed by atoms with E-state index in [9.17, 15) is 9.59 Å². The minimum atomic E-state index is -0.840. The Morgan fingerprint density at radius 1 is 1.13 bits per heavy atom. The molecule has 0 aliphatic rings. The lowest BCUT2D eigenvalue weighted by Crippen LogP contribution is -2.25. The van der Waals surface area contributed by atoms with Crippen molar-refractivity contribution in [2.75, 3.05) is 14.2 Å². The fourth-order valence-corrected chi connectivity index (χ4v) is 1.09. The molecule has 0 N–H and O–H groups in total. The van der Waals surface area contributed by atoms with E-state index >= 15 is 0 Å². The van der Waals surface area contributed by atoms with Gasteiger partial charge in [-0.25, -0.2) is 0 Å². The summed E-state index contributed by atoms with van der Waals surface area (Å²) < 4.78 is 9.04. The van der Waals surface area contributed by atoms with Crippen LogP contribution in [-0.2, 0) is 19.1 Å². The summed E-state index contributed by atoms with van der Waals surface area (Å²) >= 11 is 0. The van der Waals surface area contributed by atoms with E-state index in [4.69, 9.17) is 0 Å². The molecule has 0 amide bonds. The largest absolute Gasteiger partial charge is 0.468 e. The van der Waals surface area contributed by atoms with Gasteiger partial charge >= 0.3 is 11.9 Å². The molecule has 0 heterocycles. The lowest BCUT2D eigenvalue weighted by atomic mass is 10.1. The van der Waals surface area contributed by atoms with Crippen molar-refractivity contribution < 1.29 is 19.1 Å². The molecule has 0 spiro atoms. The Kier molecular flexibility index (Phi) is 7.32. The maximum atomic E-state index is 11.2. The van der Waals surface area contributed by atoms with Crippen LogP contribution in [0.15, 0.2) is 12.2 Å². The van der Waals surface area contributed by atoms with Crippen LogP contribution in [0.4, 0.5) is 0 Å². The predicted octanol–water partition coefficient (Wildman–Crippen LogP) is 1.70. The van der Waals surface area contributed by atoms with Gasteiger partial charge in [0.05, 0.1) is 14.2 Å². The lowest BCUT2D eigenvalue weighted by molar-refractivity contribution is -0.158. The van der Waals surface area contributed by atoms with Gasteiger partial charge in [-0.2, -0.15) is 0 Å². The van der Waals surface area contributed by atoms with Gasteiger partial charge in [-0.3, -0.25) is 9.59 Å². The highest BCUT2D eigenvalue weighted by Crippen LogP contribution is 2.09. The second kappa shape index (κ2) is 8.03. The van der Waals surface area contributed by atoms with Gasteiger partial charge in [-0.15, -0.1) is 0 Å². The van der Waals surface area contributed by atoms with E-state index in [1.54, 1.807) is 0 Å². The van der Waals surface area contributed by atoms with Gasteiger partial charge in [0.2, 0.25) is 0 Å². The van der Waals surface area contributed by atoms with Gasteiger partial charge < -0.3 is 9.47 Å². The summed E-state index contributed by atoms with van der Waals surface area (Å²) in [4.78, 5) is 22.4. The van der Waals surface area contributed by atoms with E-state index in [1.165, 1.54) is 14.2 Å². The third-order valence-electron chi connectivity index (χ3n) is 1.97. The minimum Gasteiger partial charge on any atom is -0.468 e. The van der Waals surface area contributed by atoms with Crippen molar-refractivity contribution in [2.24, 2.45) is 5.92 Å². The molecule has 0 radical (unpaired) electrons. The molecule has 0 bridgehead atoms. The van der Waals surface area contributed by atoms with Crippen LogP contribution in [0.1, 0.15) is 26.2 Å². The second-order valence-electron chi connectivity index (χ2n) is 3.09. The molecule has 4 nitrogen and oxygen atoms in total. The Bertz CT molecular complexity index is 217. The van der Waals surface area contributed by atoms with Gasteiger partial charge in [-0.1, -0.05) is 25.5 Å². The Labute approximate surface area is 90.2 Å². The molecular formula is C11H18O4. The maximum Gasteiger partial charge on any atom is 0.320 e. The molecule has 0 atom stereocenters. The van der Waals surface area contributed by atoms with Gasteiger partial charge in [-0.05, 0) is 12.8 Å². The molecule has 0 saturated heterocycles. The van der Waals surface area contributed by atoms with Crippen LogP contribution in [-0.4, -0.2) is 26.2 Å². The number of hydrogen-bond acceptors (Lipinski definition) is 4. The Hall–Kier alpha value is -1.32. The van der Waals surface area contributed by atoms with Gasteiger partial charge in [0.25, 0.3) is 0 Å². The zero-order chi connectivity index (χ0) is 11.7. The topological polar surface area (TPSA) is 52.6 Å². The van der Waals surface area contributed by atoms with Crippen LogP contribution in [0.3, 0.4) is 0 Å². The average Bonchev–Trinajstić information content (AvgIpc) is 2.27. The summed E-state index contributed by atoms with van der Waals surface area (Å²) in [5.41, 5.74) is 0. The Morgan fingerprint density at radius 3 is 2.07 bits per heavy atom. The Balaban J connectivity index is 4.25. The quantitative estimate of drug-likeness (QED) is 0.383. The highest BCUT2D eigenvalue weighted by molar-refractivity contribution is 5.94. The van der Waals surface area contributed by atoms with Crippen molar-refractivity contribution in [3.05, 3.63) is 12.2 Å². The molecule has 0 saturated carbocycles. The summed E-state index contributed by atoms with van der Waals surface area (Å²) in [6.07, 6.45) is 6.06. The first kappa shape index (κ1) is 13.7. The lowest BCUT2D eigenvalue weighted by Gasteiger charge is -2.09. The summed E-state index contributed by atoms with van der Waals surface area (Å²) in [5.74, 6) is -1.95. The van der Waals surface area contributed by atoms with Gasteiger partial charge in [0.1, 0.15) is 0 Å². The predicted molar refractivity (Wildman–Crippen MR) is 56.2 cm³/mol. The minimum absolute atomic E-state index is 0.333. The highest BCUT2D eigenvalue weighted by Gasteiger charge is 2.26. The standard InChI is InChI=1S/C11H18O4/c1-4-5-6-7-8-9(10(12)14-2)11(13)15-3/h6-7,9H,4-5,8H2,1-3H3. The first-order valence-electron chi connectivity index (χ1n) is 4.98. The number of esters is 2. The van der Waals surface area contributed by atoms with Crippen molar-refractivity contribution in [1.29, 1.82) is 0 Å². The van der Waals surface area contributed by atoms with Crippen molar-refractivity contribution in [2.45, 2.75) is 26.2 Å². The highest BCUT2D eigenvalue weighted by atomic mass is 16.5. The number of rotatable bonds is 6. The van der Waals surface area contributed by atoms with Crippen LogP contribution in [0.2, 0.25) is 0 Å². The van der Waals surface area contributed by atoms with Crippen LogP contribution in [0.25, 0.3) is 0 Å². The molecule has 0 aromatic carbocycles. The molecule has 0 aliphatic heterocycles. The third-order valence-corrected chi connectivity index (χ3v) is 1.97. The summed E-state index contributed by atoms with van der Waals surface area (Å²) in [6.45, 7) is 2.06. The van der Waals surface area contributed by atoms with E-state index in [0.717, 1.165) is 12.8 Å². The fraction of sp³-hybridized carbons (Fsp3) is 0.636. The smallest absolute Gasteiger partial charge is 0.320 e. The molecule has 0 aliphatic carbocycles. The molecule has 0 fully saturated rings. The van der Waals surface area contributed by atoms with Crippen LogP contribution >= 0.6 is 0 Å². The first-order chi connectivity index (χ1) is 7.17. The average molecular weight is 214 g/mol. The van der Waals surface area contributed by atoms with Crippen molar-refractivity contribution in [3.63, 3.8) is 0 Å². The number of allylic oxidation sites excluding steroid dienone is 2. The summed E-state index contributed by atoms with van der Waals surface area (Å²) in [7, 11) is 2.52. The third kappa shape index (κ3) is 5.20. The van der Waals surface area contributed by atoms with Gasteiger partial charge in [0, 0.05) is 0 Å². The zero-order valence-corrected chi connectivity index (χ0v) is 9.49. The molecule has 0 unspecified atom stereocenters. The molecule has 0 rings (SSSR count). The van der Waals surface area contributed by atoms with E-state index in [-0.39, 0.29) is 0 Å². The van der Waals surface area contributed by atoms with E-state index in [2.05, 4.69) is 16.4 Å². The van der Waals surface area contributed by atoms with Crippen LogP contribution < -0.4 is 0 Å². The molecule has 15 heavy (non-hydrogen) atoms. The number of carbonyl (C=O) groups is 2. The number of unbranched alkanes of at least 4 members (excludes halogenated alkanes) is 1. The fourth-order valence-electron chi connectivity index (χ4n) is 1.09.